The largest absolute Gasteiger partial charge is 0.449 e. The van der Waals surface area contributed by atoms with E-state index in [9.17, 15) is 9.59 Å². The molecule has 1 unspecified atom stereocenters. The van der Waals surface area contributed by atoms with E-state index in [-0.39, 0.29) is 5.02 Å². The van der Waals surface area contributed by atoms with E-state index in [4.69, 9.17) is 27.9 Å². The Morgan fingerprint density at radius 2 is 2.04 bits per heavy atom. The van der Waals surface area contributed by atoms with Crippen LogP contribution in [0.2, 0.25) is 10.0 Å². The summed E-state index contributed by atoms with van der Waals surface area (Å²) in [4.78, 5) is 24.4. The van der Waals surface area contributed by atoms with Crippen LogP contribution in [0.1, 0.15) is 17.3 Å². The first-order valence-electron chi connectivity index (χ1n) is 7.34. The van der Waals surface area contributed by atoms with E-state index in [0.717, 1.165) is 5.39 Å². The van der Waals surface area contributed by atoms with Gasteiger partial charge in [0.1, 0.15) is 0 Å². The molecule has 1 atom stereocenters. The van der Waals surface area contributed by atoms with Crippen LogP contribution in [-0.2, 0) is 9.53 Å². The van der Waals surface area contributed by atoms with E-state index in [1.807, 2.05) is 0 Å². The Labute approximate surface area is 153 Å². The number of carbonyl (C=O) groups excluding carboxylic acids is 2. The Balaban J connectivity index is 1.68. The molecule has 0 aliphatic heterocycles. The molecule has 3 aromatic rings. The minimum atomic E-state index is -1.01. The number of H-pyrrole nitrogens is 1. The Hall–Kier alpha value is -2.57. The van der Waals surface area contributed by atoms with Crippen LogP contribution >= 0.6 is 23.2 Å². The SMILES string of the molecule is CC(OC(=O)c1ccc2cn[nH]c2c1)C(=O)Nc1cccc(Cl)c1Cl. The number of aromatic amines is 1. The maximum atomic E-state index is 12.2. The highest BCUT2D eigenvalue weighted by atomic mass is 35.5. The first-order valence-corrected chi connectivity index (χ1v) is 8.10. The molecule has 8 heteroatoms. The zero-order chi connectivity index (χ0) is 18.0. The molecule has 0 aliphatic rings. The molecule has 1 heterocycles. The molecule has 128 valence electrons. The van der Waals surface area contributed by atoms with Crippen LogP contribution in [0.3, 0.4) is 0 Å². The lowest BCUT2D eigenvalue weighted by molar-refractivity contribution is -0.123. The van der Waals surface area contributed by atoms with Crippen molar-refractivity contribution in [2.24, 2.45) is 0 Å². The fourth-order valence-corrected chi connectivity index (χ4v) is 2.53. The van der Waals surface area contributed by atoms with Gasteiger partial charge in [0.05, 0.1) is 33.0 Å². The van der Waals surface area contributed by atoms with Gasteiger partial charge in [-0.1, -0.05) is 35.3 Å². The minimum Gasteiger partial charge on any atom is -0.449 e. The van der Waals surface area contributed by atoms with E-state index in [1.165, 1.54) is 6.92 Å². The van der Waals surface area contributed by atoms with Crippen LogP contribution in [0, 0.1) is 0 Å². The van der Waals surface area contributed by atoms with Crippen LogP contribution in [0.4, 0.5) is 5.69 Å². The zero-order valence-corrected chi connectivity index (χ0v) is 14.6. The number of ether oxygens (including phenoxy) is 1. The quantitative estimate of drug-likeness (QED) is 0.671. The average Bonchev–Trinajstić information content (AvgIpc) is 3.06. The first-order chi connectivity index (χ1) is 12.0. The highest BCUT2D eigenvalue weighted by Crippen LogP contribution is 2.29. The molecule has 3 rings (SSSR count). The number of carbonyl (C=O) groups is 2. The average molecular weight is 378 g/mol. The number of hydrogen-bond donors (Lipinski definition) is 2. The lowest BCUT2D eigenvalue weighted by atomic mass is 10.2. The van der Waals surface area contributed by atoms with Gasteiger partial charge in [0.15, 0.2) is 6.10 Å². The smallest absolute Gasteiger partial charge is 0.338 e. The van der Waals surface area contributed by atoms with Gasteiger partial charge in [-0.15, -0.1) is 0 Å². The molecule has 0 bridgehead atoms. The van der Waals surface area contributed by atoms with Crippen molar-refractivity contribution in [1.82, 2.24) is 10.2 Å². The van der Waals surface area contributed by atoms with E-state index in [1.54, 1.807) is 42.6 Å². The fraction of sp³-hybridized carbons (Fsp3) is 0.118. The predicted molar refractivity (Wildman–Crippen MR) is 96.1 cm³/mol. The molecule has 0 radical (unpaired) electrons. The van der Waals surface area contributed by atoms with Gasteiger partial charge < -0.3 is 10.1 Å². The summed E-state index contributed by atoms with van der Waals surface area (Å²) in [6, 6.07) is 9.83. The third-order valence-corrected chi connectivity index (χ3v) is 4.36. The monoisotopic (exact) mass is 377 g/mol. The van der Waals surface area contributed by atoms with Crippen molar-refractivity contribution in [3.05, 3.63) is 58.2 Å². The predicted octanol–water partition coefficient (Wildman–Crippen LogP) is 4.05. The number of halogens is 2. The third kappa shape index (κ3) is 3.75. The highest BCUT2D eigenvalue weighted by molar-refractivity contribution is 6.44. The van der Waals surface area contributed by atoms with Crippen molar-refractivity contribution in [1.29, 1.82) is 0 Å². The summed E-state index contributed by atoms with van der Waals surface area (Å²) in [6.07, 6.45) is 0.634. The van der Waals surface area contributed by atoms with Gasteiger partial charge in [0.25, 0.3) is 5.91 Å². The molecule has 0 aliphatic carbocycles. The number of fused-ring (bicyclic) bond motifs is 1. The minimum absolute atomic E-state index is 0.223. The normalized spacial score (nSPS) is 12.0. The number of benzene rings is 2. The number of hydrogen-bond acceptors (Lipinski definition) is 4. The number of rotatable bonds is 4. The molecule has 2 aromatic carbocycles. The van der Waals surface area contributed by atoms with Gasteiger partial charge in [0, 0.05) is 5.39 Å². The lowest BCUT2D eigenvalue weighted by Crippen LogP contribution is -2.30. The van der Waals surface area contributed by atoms with Gasteiger partial charge in [-0.2, -0.15) is 5.10 Å². The molecule has 2 N–H and O–H groups in total. The molecular formula is C17H13Cl2N3O3. The molecule has 1 aromatic heterocycles. The van der Waals surface area contributed by atoms with E-state index in [0.29, 0.717) is 21.8 Å². The standard InChI is InChI=1S/C17H13Cl2N3O3/c1-9(16(23)21-13-4-2-3-12(18)15(13)19)25-17(24)10-5-6-11-8-20-22-14(11)7-10/h2-9H,1H3,(H,20,22)(H,21,23). The Morgan fingerprint density at radius 3 is 2.84 bits per heavy atom. The number of anilines is 1. The van der Waals surface area contributed by atoms with Gasteiger partial charge in [-0.25, -0.2) is 4.79 Å². The van der Waals surface area contributed by atoms with Crippen LogP contribution < -0.4 is 5.32 Å². The second-order valence-electron chi connectivity index (χ2n) is 5.31. The van der Waals surface area contributed by atoms with Gasteiger partial charge >= 0.3 is 5.97 Å². The van der Waals surface area contributed by atoms with Gasteiger partial charge in [-0.05, 0) is 31.2 Å². The van der Waals surface area contributed by atoms with Crippen molar-refractivity contribution < 1.29 is 14.3 Å². The maximum absolute atomic E-state index is 12.2. The fourth-order valence-electron chi connectivity index (χ4n) is 2.18. The summed E-state index contributed by atoms with van der Waals surface area (Å²) in [7, 11) is 0. The van der Waals surface area contributed by atoms with Crippen LogP contribution in [0.25, 0.3) is 10.9 Å². The van der Waals surface area contributed by atoms with Crippen LogP contribution in [-0.4, -0.2) is 28.2 Å². The molecule has 0 spiro atoms. The van der Waals surface area contributed by atoms with Crippen molar-refractivity contribution >= 4 is 51.7 Å². The third-order valence-electron chi connectivity index (χ3n) is 3.54. The Morgan fingerprint density at radius 1 is 1.24 bits per heavy atom. The lowest BCUT2D eigenvalue weighted by Gasteiger charge is -2.14. The highest BCUT2D eigenvalue weighted by Gasteiger charge is 2.20. The van der Waals surface area contributed by atoms with E-state index < -0.39 is 18.0 Å². The molecule has 1 amide bonds. The van der Waals surface area contributed by atoms with E-state index >= 15 is 0 Å². The van der Waals surface area contributed by atoms with E-state index in [2.05, 4.69) is 15.5 Å². The van der Waals surface area contributed by atoms with Gasteiger partial charge in [-0.3, -0.25) is 9.89 Å². The summed E-state index contributed by atoms with van der Waals surface area (Å²) in [6.45, 7) is 1.47. The van der Waals surface area contributed by atoms with Crippen molar-refractivity contribution in [2.75, 3.05) is 5.32 Å². The van der Waals surface area contributed by atoms with Crippen molar-refractivity contribution in [3.8, 4) is 0 Å². The molecule has 25 heavy (non-hydrogen) atoms. The number of aromatic nitrogens is 2. The van der Waals surface area contributed by atoms with Crippen LogP contribution in [0.5, 0.6) is 0 Å². The first kappa shape index (κ1) is 17.3. The second-order valence-corrected chi connectivity index (χ2v) is 6.10. The summed E-state index contributed by atoms with van der Waals surface area (Å²) in [5.41, 5.74) is 1.37. The van der Waals surface area contributed by atoms with Crippen molar-refractivity contribution in [3.63, 3.8) is 0 Å². The molecule has 0 saturated heterocycles. The number of nitrogens with zero attached hydrogens (tertiary/aromatic N) is 1. The topological polar surface area (TPSA) is 84.1 Å². The zero-order valence-electron chi connectivity index (χ0n) is 13.0. The van der Waals surface area contributed by atoms with Gasteiger partial charge in [0.2, 0.25) is 0 Å². The summed E-state index contributed by atoms with van der Waals surface area (Å²) < 4.78 is 5.20. The molecule has 0 fully saturated rings. The molecule has 6 nitrogen and oxygen atoms in total. The Bertz CT molecular complexity index is 955. The van der Waals surface area contributed by atoms with Crippen molar-refractivity contribution in [2.45, 2.75) is 13.0 Å². The number of amides is 1. The summed E-state index contributed by atoms with van der Waals surface area (Å²) in [5, 5.41) is 10.7. The number of esters is 1. The molecular weight excluding hydrogens is 365 g/mol. The molecule has 0 saturated carbocycles. The number of nitrogens with one attached hydrogen (secondary N) is 2. The summed E-state index contributed by atoms with van der Waals surface area (Å²) >= 11 is 11.9. The Kier molecular flexibility index (Phi) is 4.92. The van der Waals surface area contributed by atoms with Crippen LogP contribution in [0.15, 0.2) is 42.6 Å². The maximum Gasteiger partial charge on any atom is 0.338 e. The second kappa shape index (κ2) is 7.13. The summed E-state index contributed by atoms with van der Waals surface area (Å²) in [5.74, 6) is -1.13.